The Hall–Kier alpha value is -3.01. The lowest BCUT2D eigenvalue weighted by Crippen LogP contribution is -2.42. The Morgan fingerprint density at radius 1 is 0.667 bits per heavy atom. The van der Waals surface area contributed by atoms with E-state index in [9.17, 15) is 39.9 Å². The molecular weight excluding hydrogens is 506 g/mol. The van der Waals surface area contributed by atoms with E-state index < -0.39 is 62.3 Å². The summed E-state index contributed by atoms with van der Waals surface area (Å²) in [6, 6.07) is -1.87. The van der Waals surface area contributed by atoms with Crippen LogP contribution in [0.15, 0.2) is 0 Å². The van der Waals surface area contributed by atoms with Gasteiger partial charge in [-0.15, -0.1) is 12.8 Å². The fourth-order valence-corrected chi connectivity index (χ4v) is 3.13. The monoisotopic (exact) mass is 557 g/mol. The lowest BCUT2D eigenvalue weighted by atomic mass is 9.89. The molecule has 1 aromatic rings. The maximum atomic E-state index is 12.9. The predicted octanol–water partition coefficient (Wildman–Crippen LogP) is 1.43. The number of anilines is 1. The van der Waals surface area contributed by atoms with Gasteiger partial charge in [0.05, 0.1) is 38.5 Å². The van der Waals surface area contributed by atoms with Crippen LogP contribution in [0, 0.1) is 33.6 Å². The third-order valence-electron chi connectivity index (χ3n) is 4.88. The highest BCUT2D eigenvalue weighted by molar-refractivity contribution is 6.08. The van der Waals surface area contributed by atoms with Crippen LogP contribution in [0.1, 0.15) is 85.9 Å². The number of nitrogens with one attached hydrogen (secondary N) is 3. The molecule has 1 rings (SSSR count). The maximum absolute atomic E-state index is 12.9. The van der Waals surface area contributed by atoms with Gasteiger partial charge in [0.1, 0.15) is 6.10 Å². The minimum Gasteiger partial charge on any atom is -0.394 e. The molecule has 8 N–H and O–H groups in total. The van der Waals surface area contributed by atoms with Crippen molar-refractivity contribution < 1.29 is 39.9 Å². The average molecular weight is 558 g/mol. The van der Waals surface area contributed by atoms with Crippen LogP contribution in [-0.2, 0) is 4.79 Å². The molecule has 0 bridgehead atoms. The van der Waals surface area contributed by atoms with E-state index in [4.69, 9.17) is 0 Å². The van der Waals surface area contributed by atoms with Gasteiger partial charge in [0.15, 0.2) is 0 Å². The molecule has 0 saturated carbocycles. The van der Waals surface area contributed by atoms with E-state index in [2.05, 4.69) is 28.8 Å². The van der Waals surface area contributed by atoms with Crippen molar-refractivity contribution in [2.75, 3.05) is 31.7 Å². The molecule has 39 heavy (non-hydrogen) atoms. The van der Waals surface area contributed by atoms with Crippen LogP contribution < -0.4 is 16.0 Å². The van der Waals surface area contributed by atoms with Gasteiger partial charge in [0.2, 0.25) is 0 Å². The summed E-state index contributed by atoms with van der Waals surface area (Å²) in [7, 11) is 0. The topological polar surface area (TPSA) is 188 Å². The minimum absolute atomic E-state index is 0.0353. The molecule has 3 amide bonds. The molecule has 11 heteroatoms. The molecule has 0 aromatic heterocycles. The molecule has 1 atom stereocenters. The Balaban J connectivity index is -0.000000697. The molecule has 0 spiro atoms. The van der Waals surface area contributed by atoms with Gasteiger partial charge < -0.3 is 41.5 Å². The van der Waals surface area contributed by atoms with Crippen molar-refractivity contribution in [2.24, 2.45) is 0 Å². The Morgan fingerprint density at radius 3 is 1.18 bits per heavy atom. The highest BCUT2D eigenvalue weighted by atomic mass is 16.3. The van der Waals surface area contributed by atoms with Crippen molar-refractivity contribution in [2.45, 2.75) is 87.4 Å². The first-order chi connectivity index (χ1) is 18.5. The normalized spacial score (nSPS) is 10.1. The molecule has 0 aliphatic rings. The van der Waals surface area contributed by atoms with Crippen LogP contribution in [0.3, 0.4) is 0 Å². The summed E-state index contributed by atoms with van der Waals surface area (Å²) in [5.74, 6) is -2.13. The van der Waals surface area contributed by atoms with Gasteiger partial charge >= 0.3 is 0 Å². The van der Waals surface area contributed by atoms with Crippen molar-refractivity contribution in [3.8, 4) is 12.8 Å². The minimum atomic E-state index is -1.35. The number of aliphatic hydroxyl groups is 5. The van der Waals surface area contributed by atoms with E-state index in [-0.39, 0.29) is 22.4 Å². The number of hydrogen-bond donors (Lipinski definition) is 8. The van der Waals surface area contributed by atoms with E-state index in [0.29, 0.717) is 11.1 Å². The smallest absolute Gasteiger partial charge is 0.252 e. The zero-order valence-corrected chi connectivity index (χ0v) is 25.2. The van der Waals surface area contributed by atoms with Gasteiger partial charge in [-0.25, -0.2) is 0 Å². The number of aliphatic hydroxyl groups excluding tert-OH is 5. The molecule has 0 fully saturated rings. The zero-order valence-electron chi connectivity index (χ0n) is 25.2. The van der Waals surface area contributed by atoms with Gasteiger partial charge in [-0.3, -0.25) is 14.4 Å². The molecular formula is C28H51N3O8. The second kappa shape index (κ2) is 25.3. The Kier molecular flexibility index (Phi) is 27.9. The van der Waals surface area contributed by atoms with Crippen molar-refractivity contribution in [1.82, 2.24) is 10.6 Å². The van der Waals surface area contributed by atoms with Gasteiger partial charge in [0.25, 0.3) is 17.7 Å². The standard InChI is InChI=1S/C20H31N3O8.3C2H6.C2H2/c1-9-15(19(30)21-13(5-24)6-25)10(2)17(23-18(29)12(4)28)11(3)16(9)20(31)22-14(7-26)8-27;4*1-2/h12-14,24-28H,5-8H2,1-4H3,(H,21,30)(H,22,31)(H,23,29);3*1-2H3;1-2H/t12-;;;;/m0..../s1. The largest absolute Gasteiger partial charge is 0.394 e. The second-order valence-electron chi connectivity index (χ2n) is 7.24. The lowest BCUT2D eigenvalue weighted by Gasteiger charge is -2.24. The number of hydrogen-bond acceptors (Lipinski definition) is 8. The third kappa shape index (κ3) is 13.6. The molecule has 0 aliphatic heterocycles. The van der Waals surface area contributed by atoms with Crippen LogP contribution in [0.4, 0.5) is 5.69 Å². The van der Waals surface area contributed by atoms with Gasteiger partial charge in [0, 0.05) is 16.8 Å². The summed E-state index contributed by atoms with van der Waals surface area (Å²) in [5.41, 5.74) is 1.09. The SMILES string of the molecule is C#C.CC.CC.CC.Cc1c(NC(=O)[C@H](C)O)c(C)c(C(=O)NC(CO)CO)c(C)c1C(=O)NC(CO)CO. The fraction of sp³-hybridized carbons (Fsp3) is 0.607. The molecule has 0 saturated heterocycles. The number of amides is 3. The first kappa shape index (κ1) is 43.1. The van der Waals surface area contributed by atoms with Crippen molar-refractivity contribution in [3.63, 3.8) is 0 Å². The average Bonchev–Trinajstić information content (AvgIpc) is 2.96. The number of terminal acetylenes is 1. The number of benzene rings is 1. The Bertz CT molecular complexity index is 809. The van der Waals surface area contributed by atoms with Crippen LogP contribution >= 0.6 is 0 Å². The first-order valence-electron chi connectivity index (χ1n) is 13.0. The van der Waals surface area contributed by atoms with E-state index in [1.807, 2.05) is 41.5 Å². The summed E-state index contributed by atoms with van der Waals surface area (Å²) in [5, 5.41) is 54.0. The van der Waals surface area contributed by atoms with E-state index >= 15 is 0 Å². The molecule has 0 heterocycles. The van der Waals surface area contributed by atoms with Crippen LogP contribution in [0.25, 0.3) is 0 Å². The molecule has 0 aliphatic carbocycles. The predicted molar refractivity (Wildman–Crippen MR) is 156 cm³/mol. The van der Waals surface area contributed by atoms with Crippen molar-refractivity contribution in [3.05, 3.63) is 27.8 Å². The summed E-state index contributed by atoms with van der Waals surface area (Å²) >= 11 is 0. The zero-order chi connectivity index (χ0) is 31.9. The number of carbonyl (C=O) groups excluding carboxylic acids is 3. The fourth-order valence-electron chi connectivity index (χ4n) is 3.13. The van der Waals surface area contributed by atoms with Gasteiger partial charge in [-0.1, -0.05) is 41.5 Å². The van der Waals surface area contributed by atoms with E-state index in [1.54, 1.807) is 13.8 Å². The van der Waals surface area contributed by atoms with Crippen molar-refractivity contribution in [1.29, 1.82) is 0 Å². The van der Waals surface area contributed by atoms with E-state index in [1.165, 1.54) is 13.8 Å². The third-order valence-corrected chi connectivity index (χ3v) is 4.88. The highest BCUT2D eigenvalue weighted by Gasteiger charge is 2.28. The number of carbonyl (C=O) groups is 3. The molecule has 1 aromatic carbocycles. The Morgan fingerprint density at radius 2 is 0.949 bits per heavy atom. The van der Waals surface area contributed by atoms with Crippen molar-refractivity contribution >= 4 is 23.4 Å². The Labute approximate surface area is 234 Å². The van der Waals surface area contributed by atoms with Gasteiger partial charge in [-0.05, 0) is 44.4 Å². The van der Waals surface area contributed by atoms with Crippen LogP contribution in [0.2, 0.25) is 0 Å². The summed E-state index contributed by atoms with van der Waals surface area (Å²) in [4.78, 5) is 37.9. The molecule has 0 radical (unpaired) electrons. The van der Waals surface area contributed by atoms with Crippen LogP contribution in [0.5, 0.6) is 0 Å². The summed E-state index contributed by atoms with van der Waals surface area (Å²) < 4.78 is 0. The van der Waals surface area contributed by atoms with E-state index in [0.717, 1.165) is 0 Å². The maximum Gasteiger partial charge on any atom is 0.252 e. The number of rotatable bonds is 10. The molecule has 11 nitrogen and oxygen atoms in total. The van der Waals surface area contributed by atoms with Gasteiger partial charge in [-0.2, -0.15) is 0 Å². The molecule has 226 valence electrons. The molecule has 0 unspecified atom stereocenters. The summed E-state index contributed by atoms with van der Waals surface area (Å²) in [6.45, 7) is 15.8. The second-order valence-corrected chi connectivity index (χ2v) is 7.24. The highest BCUT2D eigenvalue weighted by Crippen LogP contribution is 2.32. The lowest BCUT2D eigenvalue weighted by molar-refractivity contribution is -0.123. The summed E-state index contributed by atoms with van der Waals surface area (Å²) in [6.07, 6.45) is 6.65. The quantitative estimate of drug-likeness (QED) is 0.198. The van der Waals surface area contributed by atoms with Crippen LogP contribution in [-0.4, -0.2) is 87.9 Å². The first-order valence-corrected chi connectivity index (χ1v) is 13.0.